The first kappa shape index (κ1) is 18.4. The third kappa shape index (κ3) is 3.56. The van der Waals surface area contributed by atoms with E-state index in [0.29, 0.717) is 11.9 Å². The van der Waals surface area contributed by atoms with Crippen molar-refractivity contribution in [3.8, 4) is 0 Å². The topological polar surface area (TPSA) is 87.4 Å². The number of nitrogens with one attached hydrogen (secondary N) is 1. The molecule has 4 rings (SSSR count). The van der Waals surface area contributed by atoms with Gasteiger partial charge in [0, 0.05) is 51.3 Å². The van der Waals surface area contributed by atoms with Crippen LogP contribution in [0.2, 0.25) is 0 Å². The van der Waals surface area contributed by atoms with Crippen molar-refractivity contribution in [3.05, 3.63) is 30.2 Å². The first-order valence-electron chi connectivity index (χ1n) is 9.53. The Labute approximate surface area is 164 Å². The SMILES string of the molecule is CN(C)c1nccc(NCC2CN(c3ccc4nnc(C(C)(C)C)n4n3)C2)n1. The van der Waals surface area contributed by atoms with E-state index >= 15 is 0 Å². The third-order valence-electron chi connectivity index (χ3n) is 4.82. The molecule has 1 N–H and O–H groups in total. The molecule has 1 fully saturated rings. The quantitative estimate of drug-likeness (QED) is 0.716. The number of rotatable bonds is 5. The maximum atomic E-state index is 4.78. The Morgan fingerprint density at radius 2 is 1.93 bits per heavy atom. The highest BCUT2D eigenvalue weighted by atomic mass is 15.4. The van der Waals surface area contributed by atoms with Crippen LogP contribution < -0.4 is 15.1 Å². The van der Waals surface area contributed by atoms with Crippen molar-refractivity contribution in [1.29, 1.82) is 0 Å². The van der Waals surface area contributed by atoms with E-state index in [-0.39, 0.29) is 5.41 Å². The van der Waals surface area contributed by atoms with Crippen molar-refractivity contribution in [2.45, 2.75) is 26.2 Å². The highest BCUT2D eigenvalue weighted by Crippen LogP contribution is 2.25. The predicted octanol–water partition coefficient (Wildman–Crippen LogP) is 1.83. The molecule has 1 saturated heterocycles. The van der Waals surface area contributed by atoms with Crippen LogP contribution in [-0.4, -0.2) is 63.5 Å². The molecule has 0 bridgehead atoms. The maximum absolute atomic E-state index is 4.78. The van der Waals surface area contributed by atoms with E-state index in [1.807, 2.05) is 41.7 Å². The van der Waals surface area contributed by atoms with Crippen molar-refractivity contribution >= 4 is 23.2 Å². The van der Waals surface area contributed by atoms with Crippen molar-refractivity contribution in [1.82, 2.24) is 29.8 Å². The summed E-state index contributed by atoms with van der Waals surface area (Å²) in [6, 6.07) is 5.91. The predicted molar refractivity (Wildman–Crippen MR) is 110 cm³/mol. The second-order valence-corrected chi connectivity index (χ2v) is 8.52. The summed E-state index contributed by atoms with van der Waals surface area (Å²) in [5, 5.41) is 16.7. The average Bonchev–Trinajstić information content (AvgIpc) is 3.04. The Bertz CT molecular complexity index is 967. The van der Waals surface area contributed by atoms with Crippen molar-refractivity contribution in [2.24, 2.45) is 5.92 Å². The zero-order chi connectivity index (χ0) is 19.9. The Morgan fingerprint density at radius 3 is 2.64 bits per heavy atom. The summed E-state index contributed by atoms with van der Waals surface area (Å²) in [7, 11) is 3.88. The van der Waals surface area contributed by atoms with E-state index < -0.39 is 0 Å². The molecule has 28 heavy (non-hydrogen) atoms. The minimum atomic E-state index is -0.102. The van der Waals surface area contributed by atoms with Gasteiger partial charge in [-0.15, -0.1) is 15.3 Å². The van der Waals surface area contributed by atoms with Crippen LogP contribution in [0.3, 0.4) is 0 Å². The summed E-state index contributed by atoms with van der Waals surface area (Å²) < 4.78 is 1.87. The Balaban J connectivity index is 1.38. The van der Waals surface area contributed by atoms with Crippen molar-refractivity contribution < 1.29 is 0 Å². The molecule has 9 heteroatoms. The van der Waals surface area contributed by atoms with E-state index in [1.165, 1.54) is 0 Å². The van der Waals surface area contributed by atoms with Gasteiger partial charge in [0.1, 0.15) is 11.6 Å². The first-order chi connectivity index (χ1) is 13.3. The van der Waals surface area contributed by atoms with Gasteiger partial charge in [0.2, 0.25) is 5.95 Å². The number of anilines is 3. The van der Waals surface area contributed by atoms with Crippen LogP contribution in [0.5, 0.6) is 0 Å². The maximum Gasteiger partial charge on any atom is 0.226 e. The van der Waals surface area contributed by atoms with Crippen LogP contribution in [-0.2, 0) is 5.41 Å². The number of aromatic nitrogens is 6. The normalized spacial score (nSPS) is 15.0. The first-order valence-corrected chi connectivity index (χ1v) is 9.53. The second kappa shape index (κ2) is 6.88. The molecule has 1 aliphatic heterocycles. The minimum absolute atomic E-state index is 0.102. The van der Waals surface area contributed by atoms with Gasteiger partial charge in [0.15, 0.2) is 11.5 Å². The fraction of sp³-hybridized carbons (Fsp3) is 0.526. The van der Waals surface area contributed by atoms with Crippen LogP contribution in [0.4, 0.5) is 17.6 Å². The Morgan fingerprint density at radius 1 is 1.14 bits per heavy atom. The van der Waals surface area contributed by atoms with Gasteiger partial charge >= 0.3 is 0 Å². The zero-order valence-corrected chi connectivity index (χ0v) is 17.1. The Kier molecular flexibility index (Phi) is 4.52. The molecule has 0 atom stereocenters. The van der Waals surface area contributed by atoms with E-state index in [2.05, 4.69) is 51.2 Å². The zero-order valence-electron chi connectivity index (χ0n) is 17.1. The van der Waals surface area contributed by atoms with Crippen LogP contribution >= 0.6 is 0 Å². The molecule has 0 spiro atoms. The minimum Gasteiger partial charge on any atom is -0.369 e. The summed E-state index contributed by atoms with van der Waals surface area (Å²) >= 11 is 0. The molecule has 0 saturated carbocycles. The van der Waals surface area contributed by atoms with E-state index in [1.54, 1.807) is 6.20 Å². The molecule has 4 heterocycles. The number of fused-ring (bicyclic) bond motifs is 1. The number of hydrogen-bond donors (Lipinski definition) is 1. The molecule has 0 radical (unpaired) electrons. The van der Waals surface area contributed by atoms with Gasteiger partial charge < -0.3 is 15.1 Å². The van der Waals surface area contributed by atoms with Gasteiger partial charge in [0.05, 0.1) is 0 Å². The van der Waals surface area contributed by atoms with Gasteiger partial charge in [-0.3, -0.25) is 0 Å². The standard InChI is InChI=1S/C19H27N9/c1-19(2,3)17-24-23-15-6-7-16(25-28(15)17)27-11-13(12-27)10-21-14-8-9-20-18(22-14)26(4)5/h6-9,13H,10-12H2,1-5H3,(H,20,21,22). The van der Waals surface area contributed by atoms with E-state index in [9.17, 15) is 0 Å². The smallest absolute Gasteiger partial charge is 0.226 e. The molecule has 3 aromatic heterocycles. The molecule has 3 aromatic rings. The molecule has 1 aliphatic rings. The number of hydrogen-bond acceptors (Lipinski definition) is 8. The van der Waals surface area contributed by atoms with E-state index in [0.717, 1.165) is 42.7 Å². The third-order valence-corrected chi connectivity index (χ3v) is 4.82. The van der Waals surface area contributed by atoms with Crippen LogP contribution in [0, 0.1) is 5.92 Å². The lowest BCUT2D eigenvalue weighted by Gasteiger charge is -2.40. The van der Waals surface area contributed by atoms with Gasteiger partial charge in [0.25, 0.3) is 0 Å². The fourth-order valence-corrected chi connectivity index (χ4v) is 3.21. The monoisotopic (exact) mass is 381 g/mol. The molecule has 0 aromatic carbocycles. The van der Waals surface area contributed by atoms with Crippen LogP contribution in [0.15, 0.2) is 24.4 Å². The summed E-state index contributed by atoms with van der Waals surface area (Å²) in [4.78, 5) is 12.9. The summed E-state index contributed by atoms with van der Waals surface area (Å²) in [6.07, 6.45) is 1.78. The van der Waals surface area contributed by atoms with Crippen molar-refractivity contribution in [2.75, 3.05) is 48.8 Å². The summed E-state index contributed by atoms with van der Waals surface area (Å²) in [6.45, 7) is 9.17. The van der Waals surface area contributed by atoms with Crippen LogP contribution in [0.25, 0.3) is 5.65 Å². The fourth-order valence-electron chi connectivity index (χ4n) is 3.21. The van der Waals surface area contributed by atoms with Crippen molar-refractivity contribution in [3.63, 3.8) is 0 Å². The lowest BCUT2D eigenvalue weighted by Crippen LogP contribution is -2.50. The summed E-state index contributed by atoms with van der Waals surface area (Å²) in [5.41, 5.74) is 0.683. The molecular formula is C19H27N9. The molecule has 9 nitrogen and oxygen atoms in total. The summed E-state index contributed by atoms with van der Waals surface area (Å²) in [5.74, 6) is 3.96. The Hall–Kier alpha value is -2.97. The largest absolute Gasteiger partial charge is 0.369 e. The highest BCUT2D eigenvalue weighted by Gasteiger charge is 2.29. The molecule has 0 unspecified atom stereocenters. The van der Waals surface area contributed by atoms with Gasteiger partial charge in [-0.1, -0.05) is 20.8 Å². The van der Waals surface area contributed by atoms with E-state index in [4.69, 9.17) is 5.10 Å². The molecule has 0 aliphatic carbocycles. The molecule has 148 valence electrons. The van der Waals surface area contributed by atoms with Gasteiger partial charge in [-0.05, 0) is 18.2 Å². The average molecular weight is 381 g/mol. The van der Waals surface area contributed by atoms with Gasteiger partial charge in [-0.2, -0.15) is 9.50 Å². The number of nitrogens with zero attached hydrogens (tertiary/aromatic N) is 8. The second-order valence-electron chi connectivity index (χ2n) is 8.52. The lowest BCUT2D eigenvalue weighted by atomic mass is 9.96. The highest BCUT2D eigenvalue weighted by molar-refractivity contribution is 5.48. The molecular weight excluding hydrogens is 354 g/mol. The lowest BCUT2D eigenvalue weighted by molar-refractivity contribution is 0.423. The van der Waals surface area contributed by atoms with Gasteiger partial charge in [-0.25, -0.2) is 4.98 Å². The van der Waals surface area contributed by atoms with Crippen LogP contribution in [0.1, 0.15) is 26.6 Å². The molecule has 0 amide bonds.